The fourth-order valence-electron chi connectivity index (χ4n) is 4.03. The summed E-state index contributed by atoms with van der Waals surface area (Å²) in [7, 11) is 0. The van der Waals surface area contributed by atoms with Crippen LogP contribution in [0.3, 0.4) is 0 Å². The number of nitrogens with zero attached hydrogens (tertiary/aromatic N) is 1. The average molecular weight is 628 g/mol. The van der Waals surface area contributed by atoms with E-state index in [2.05, 4.69) is 47.8 Å². The molecule has 2 aromatic rings. The summed E-state index contributed by atoms with van der Waals surface area (Å²) in [5.74, 6) is -2.06. The van der Waals surface area contributed by atoms with Crippen molar-refractivity contribution in [2.24, 2.45) is 11.8 Å². The van der Waals surface area contributed by atoms with E-state index >= 15 is 0 Å². The van der Waals surface area contributed by atoms with Crippen molar-refractivity contribution in [1.82, 2.24) is 0 Å². The van der Waals surface area contributed by atoms with Gasteiger partial charge in [-0.25, -0.2) is 4.79 Å². The molecule has 0 unspecified atom stereocenters. The number of fused-ring (bicyclic) bond motifs is 1. The fraction of sp³-hybridized carbons (Fsp3) is 0.304. The minimum Gasteiger partial charge on any atom is -0.454 e. The Kier molecular flexibility index (Phi) is 6.97. The van der Waals surface area contributed by atoms with Crippen LogP contribution in [0.4, 0.5) is 5.69 Å². The van der Waals surface area contributed by atoms with Crippen LogP contribution in [-0.2, 0) is 14.3 Å². The standard InChI is InChI=1S/C23H18Br3NO5/c24-14-5-1-12(2-6-14)20(28)11-32-23(31)13-3-7-15(8-4-13)27-21(29)16-9-18(25)19(26)10-17(16)22(27)30/h1-8,16-19H,9-11H2/t16-,17-,18-,19+/m1/s1. The molecule has 2 aromatic carbocycles. The molecule has 32 heavy (non-hydrogen) atoms. The molecular formula is C23H18Br3NO5. The minimum absolute atomic E-state index is 0.137. The van der Waals surface area contributed by atoms with Gasteiger partial charge >= 0.3 is 5.97 Å². The summed E-state index contributed by atoms with van der Waals surface area (Å²) in [4.78, 5) is 51.8. The van der Waals surface area contributed by atoms with Gasteiger partial charge in [-0.1, -0.05) is 59.9 Å². The Balaban J connectivity index is 1.41. The number of amides is 2. The van der Waals surface area contributed by atoms with Crippen LogP contribution in [0.1, 0.15) is 33.6 Å². The summed E-state index contributed by atoms with van der Waals surface area (Å²) in [6, 6.07) is 12.9. The van der Waals surface area contributed by atoms with E-state index < -0.39 is 5.97 Å². The molecular weight excluding hydrogens is 610 g/mol. The van der Waals surface area contributed by atoms with Gasteiger partial charge in [0.15, 0.2) is 12.4 Å². The quantitative estimate of drug-likeness (QED) is 0.204. The van der Waals surface area contributed by atoms with Crippen LogP contribution in [0, 0.1) is 11.8 Å². The van der Waals surface area contributed by atoms with Crippen LogP contribution in [0.5, 0.6) is 0 Å². The van der Waals surface area contributed by atoms with Crippen LogP contribution in [0.25, 0.3) is 0 Å². The highest BCUT2D eigenvalue weighted by molar-refractivity contribution is 9.12. The number of ketones is 1. The van der Waals surface area contributed by atoms with Crippen molar-refractivity contribution in [3.63, 3.8) is 0 Å². The lowest BCUT2D eigenvalue weighted by Crippen LogP contribution is -2.34. The summed E-state index contributed by atoms with van der Waals surface area (Å²) in [6.45, 7) is -0.379. The summed E-state index contributed by atoms with van der Waals surface area (Å²) in [5.41, 5.74) is 1.10. The maximum absolute atomic E-state index is 12.9. The number of hydrogen-bond acceptors (Lipinski definition) is 5. The van der Waals surface area contributed by atoms with Crippen molar-refractivity contribution >= 4 is 77.0 Å². The number of imide groups is 1. The molecule has 9 heteroatoms. The monoisotopic (exact) mass is 625 g/mol. The number of ether oxygens (including phenoxy) is 1. The highest BCUT2D eigenvalue weighted by Crippen LogP contribution is 2.44. The maximum Gasteiger partial charge on any atom is 0.338 e. The largest absolute Gasteiger partial charge is 0.454 e. The molecule has 6 nitrogen and oxygen atoms in total. The average Bonchev–Trinajstić information content (AvgIpc) is 3.02. The number of benzene rings is 2. The number of esters is 1. The molecule has 0 bridgehead atoms. The Morgan fingerprint density at radius 3 is 1.88 bits per heavy atom. The summed E-state index contributed by atoms with van der Waals surface area (Å²) in [6.07, 6.45) is 1.19. The second-order valence-electron chi connectivity index (χ2n) is 7.78. The first-order chi connectivity index (χ1) is 15.3. The Morgan fingerprint density at radius 1 is 0.844 bits per heavy atom. The first-order valence-electron chi connectivity index (χ1n) is 9.98. The number of halogens is 3. The van der Waals surface area contributed by atoms with Gasteiger partial charge in [0.05, 0.1) is 23.1 Å². The number of Topliss-reactive ketones (excluding diaryl/α,β-unsaturated/α-hetero) is 1. The summed E-state index contributed by atoms with van der Waals surface area (Å²) in [5, 5.41) is 0. The second-order valence-corrected chi connectivity index (χ2v) is 11.0. The number of alkyl halides is 2. The maximum atomic E-state index is 12.9. The molecule has 1 saturated heterocycles. The Morgan fingerprint density at radius 2 is 1.34 bits per heavy atom. The molecule has 0 N–H and O–H groups in total. The molecule has 0 radical (unpaired) electrons. The van der Waals surface area contributed by atoms with Crippen molar-refractivity contribution in [3.05, 3.63) is 64.1 Å². The van der Waals surface area contributed by atoms with Gasteiger partial charge in [0.25, 0.3) is 0 Å². The molecule has 0 spiro atoms. The van der Waals surface area contributed by atoms with Crippen LogP contribution in [0.2, 0.25) is 0 Å². The first kappa shape index (κ1) is 23.3. The lowest BCUT2D eigenvalue weighted by Gasteiger charge is -2.29. The molecule has 166 valence electrons. The third-order valence-electron chi connectivity index (χ3n) is 5.77. The number of rotatable bonds is 5. The molecule has 2 aliphatic rings. The van der Waals surface area contributed by atoms with E-state index in [1.165, 1.54) is 17.0 Å². The van der Waals surface area contributed by atoms with Gasteiger partial charge in [-0.05, 0) is 49.2 Å². The van der Waals surface area contributed by atoms with Crippen molar-refractivity contribution < 1.29 is 23.9 Å². The normalized spacial score (nSPS) is 24.9. The smallest absolute Gasteiger partial charge is 0.338 e. The molecule has 1 aliphatic heterocycles. The Hall–Kier alpha value is -1.84. The summed E-state index contributed by atoms with van der Waals surface area (Å²) < 4.78 is 5.97. The number of carbonyl (C=O) groups excluding carboxylic acids is 4. The molecule has 1 aliphatic carbocycles. The SMILES string of the molecule is O=C(COC(=O)c1ccc(N2C(=O)[C@@H]3C[C@@H](Br)[C@@H](Br)C[C@H]3C2=O)cc1)c1ccc(Br)cc1. The fourth-order valence-corrected chi connectivity index (χ4v) is 5.53. The first-order valence-corrected chi connectivity index (χ1v) is 12.6. The molecule has 2 amide bonds. The number of carbonyl (C=O) groups is 4. The van der Waals surface area contributed by atoms with Gasteiger partial charge < -0.3 is 4.74 Å². The summed E-state index contributed by atoms with van der Waals surface area (Å²) >= 11 is 10.5. The molecule has 1 saturated carbocycles. The van der Waals surface area contributed by atoms with Crippen LogP contribution >= 0.6 is 47.8 Å². The van der Waals surface area contributed by atoms with Gasteiger partial charge in [-0.15, -0.1) is 0 Å². The highest BCUT2D eigenvalue weighted by atomic mass is 79.9. The van der Waals surface area contributed by atoms with Gasteiger partial charge in [0, 0.05) is 19.7 Å². The Bertz CT molecular complexity index is 1040. The van der Waals surface area contributed by atoms with E-state index in [-0.39, 0.29) is 51.3 Å². The Labute approximate surface area is 210 Å². The van der Waals surface area contributed by atoms with Crippen molar-refractivity contribution in [3.8, 4) is 0 Å². The number of hydrogen-bond donors (Lipinski definition) is 0. The van der Waals surface area contributed by atoms with E-state index in [9.17, 15) is 19.2 Å². The van der Waals surface area contributed by atoms with Crippen molar-refractivity contribution in [1.29, 1.82) is 0 Å². The highest BCUT2D eigenvalue weighted by Gasteiger charge is 2.52. The molecule has 4 rings (SSSR count). The molecule has 4 atom stereocenters. The molecule has 1 heterocycles. The topological polar surface area (TPSA) is 80.8 Å². The van der Waals surface area contributed by atoms with Gasteiger partial charge in [-0.2, -0.15) is 0 Å². The zero-order valence-corrected chi connectivity index (χ0v) is 21.4. The van der Waals surface area contributed by atoms with Crippen molar-refractivity contribution in [2.45, 2.75) is 22.5 Å². The minimum atomic E-state index is -0.654. The third kappa shape index (κ3) is 4.61. The van der Waals surface area contributed by atoms with E-state index in [1.54, 1.807) is 36.4 Å². The van der Waals surface area contributed by atoms with Crippen LogP contribution < -0.4 is 4.90 Å². The lowest BCUT2D eigenvalue weighted by atomic mass is 9.81. The zero-order chi connectivity index (χ0) is 23.0. The molecule has 0 aromatic heterocycles. The predicted molar refractivity (Wildman–Crippen MR) is 129 cm³/mol. The lowest BCUT2D eigenvalue weighted by molar-refractivity contribution is -0.122. The van der Waals surface area contributed by atoms with Crippen LogP contribution in [0.15, 0.2) is 53.0 Å². The predicted octanol–water partition coefficient (Wildman–Crippen LogP) is 4.92. The van der Waals surface area contributed by atoms with Crippen molar-refractivity contribution in [2.75, 3.05) is 11.5 Å². The molecule has 2 fully saturated rings. The van der Waals surface area contributed by atoms with Gasteiger partial charge in [0.2, 0.25) is 11.8 Å². The van der Waals surface area contributed by atoms with E-state index in [1.807, 2.05) is 0 Å². The van der Waals surface area contributed by atoms with E-state index in [0.717, 1.165) is 4.47 Å². The van der Waals surface area contributed by atoms with E-state index in [4.69, 9.17) is 4.74 Å². The zero-order valence-electron chi connectivity index (χ0n) is 16.7. The third-order valence-corrected chi connectivity index (χ3v) is 9.04. The van der Waals surface area contributed by atoms with E-state index in [0.29, 0.717) is 24.1 Å². The number of anilines is 1. The second kappa shape index (κ2) is 9.57. The van der Waals surface area contributed by atoms with Gasteiger partial charge in [0.1, 0.15) is 0 Å². The van der Waals surface area contributed by atoms with Crippen LogP contribution in [-0.4, -0.2) is 39.8 Å². The van der Waals surface area contributed by atoms with Gasteiger partial charge in [-0.3, -0.25) is 19.3 Å².